The first-order chi connectivity index (χ1) is 14.6. The second-order valence-electron chi connectivity index (χ2n) is 8.57. The molecule has 1 saturated heterocycles. The van der Waals surface area contributed by atoms with Crippen LogP contribution in [-0.4, -0.2) is 23.9 Å². The summed E-state index contributed by atoms with van der Waals surface area (Å²) in [6.07, 6.45) is 4.72. The van der Waals surface area contributed by atoms with Gasteiger partial charge >= 0.3 is 0 Å². The number of amides is 1. The highest BCUT2D eigenvalue weighted by molar-refractivity contribution is 5.95. The number of nitrogens with one attached hydrogen (secondary N) is 1. The van der Waals surface area contributed by atoms with Crippen LogP contribution in [0.1, 0.15) is 24.8 Å². The summed E-state index contributed by atoms with van der Waals surface area (Å²) in [5.74, 6) is 0.639. The zero-order chi connectivity index (χ0) is 20.6. The monoisotopic (exact) mass is 404 g/mol. The first-order valence-electron chi connectivity index (χ1n) is 10.5. The molecule has 0 unspecified atom stereocenters. The van der Waals surface area contributed by atoms with Gasteiger partial charge in [-0.3, -0.25) is 9.69 Å². The molecule has 5 rings (SSSR count). The Balaban J connectivity index is 1.13. The lowest BCUT2D eigenvalue weighted by Gasteiger charge is -2.32. The lowest BCUT2D eigenvalue weighted by atomic mass is 9.90. The van der Waals surface area contributed by atoms with Crippen molar-refractivity contribution < 1.29 is 13.6 Å². The van der Waals surface area contributed by atoms with E-state index in [1.54, 1.807) is 18.4 Å². The number of benzene rings is 2. The number of hydrogen-bond donors (Lipinski definition) is 1. The molecule has 1 atom stereocenters. The molecule has 1 aliphatic heterocycles. The summed E-state index contributed by atoms with van der Waals surface area (Å²) in [5, 5.41) is 2.88. The first kappa shape index (κ1) is 19.1. The summed E-state index contributed by atoms with van der Waals surface area (Å²) >= 11 is 0. The molecule has 2 aliphatic rings. The first-order valence-corrected chi connectivity index (χ1v) is 10.5. The predicted molar refractivity (Wildman–Crippen MR) is 114 cm³/mol. The van der Waals surface area contributed by atoms with Gasteiger partial charge in [0.1, 0.15) is 11.6 Å². The van der Waals surface area contributed by atoms with Gasteiger partial charge in [-0.05, 0) is 73.7 Å². The molecule has 1 amide bonds. The minimum atomic E-state index is -0.330. The van der Waals surface area contributed by atoms with Gasteiger partial charge in [-0.2, -0.15) is 0 Å². The van der Waals surface area contributed by atoms with E-state index < -0.39 is 0 Å². The molecular weight excluding hydrogens is 379 g/mol. The van der Waals surface area contributed by atoms with E-state index in [4.69, 9.17) is 4.42 Å². The van der Waals surface area contributed by atoms with Crippen molar-refractivity contribution in [1.29, 1.82) is 0 Å². The average molecular weight is 404 g/mol. The number of carbonyl (C=O) groups excluding carboxylic acids is 1. The summed E-state index contributed by atoms with van der Waals surface area (Å²) in [6, 6.07) is 18.5. The van der Waals surface area contributed by atoms with Gasteiger partial charge in [0.2, 0.25) is 5.91 Å². The maximum atomic E-state index is 13.3. The molecule has 4 nitrogen and oxygen atoms in total. The lowest BCUT2D eigenvalue weighted by Crippen LogP contribution is -2.35. The van der Waals surface area contributed by atoms with E-state index in [-0.39, 0.29) is 23.1 Å². The van der Waals surface area contributed by atoms with Gasteiger partial charge in [-0.25, -0.2) is 4.39 Å². The summed E-state index contributed by atoms with van der Waals surface area (Å²) in [7, 11) is 0. The fraction of sp³-hybridized carbons (Fsp3) is 0.320. The quantitative estimate of drug-likeness (QED) is 0.625. The zero-order valence-corrected chi connectivity index (χ0v) is 16.8. The fourth-order valence-corrected chi connectivity index (χ4v) is 4.70. The number of likely N-dealkylation sites (tertiary alicyclic amines) is 1. The van der Waals surface area contributed by atoms with Crippen molar-refractivity contribution in [3.8, 4) is 11.3 Å². The Labute approximate surface area is 175 Å². The fourth-order valence-electron chi connectivity index (χ4n) is 4.70. The summed E-state index contributed by atoms with van der Waals surface area (Å²) in [6.45, 7) is 2.93. The van der Waals surface area contributed by atoms with Crippen LogP contribution in [0, 0.1) is 17.2 Å². The number of piperidine rings is 1. The van der Waals surface area contributed by atoms with E-state index >= 15 is 0 Å². The van der Waals surface area contributed by atoms with Crippen LogP contribution in [0.2, 0.25) is 0 Å². The molecule has 154 valence electrons. The molecule has 1 spiro atoms. The summed E-state index contributed by atoms with van der Waals surface area (Å²) in [5.41, 5.74) is 3.05. The summed E-state index contributed by atoms with van der Waals surface area (Å²) in [4.78, 5) is 15.1. The van der Waals surface area contributed by atoms with Crippen molar-refractivity contribution in [2.24, 2.45) is 11.3 Å². The molecule has 2 heterocycles. The number of rotatable bonds is 5. The molecule has 1 saturated carbocycles. The minimum absolute atomic E-state index is 0.0302. The summed E-state index contributed by atoms with van der Waals surface area (Å²) < 4.78 is 18.8. The highest BCUT2D eigenvalue weighted by Gasteiger charge is 2.58. The van der Waals surface area contributed by atoms with Gasteiger partial charge in [0.15, 0.2) is 0 Å². The smallest absolute Gasteiger partial charge is 0.228 e. The standard InChI is InChI=1S/C25H25FN2O2/c26-20-3-1-4-21(15-20)27-24(29)22-16-25(22)10-12-28(13-11-25)17-18-6-8-19(9-7-18)23-5-2-14-30-23/h1-9,14-15,22H,10-13,16-17H2,(H,27,29)/t22-/m1/s1. The SMILES string of the molecule is O=C(Nc1cccc(F)c1)[C@H]1CC12CCN(Cc1ccc(-c3ccco3)cc1)CC2. The van der Waals surface area contributed by atoms with Gasteiger partial charge < -0.3 is 9.73 Å². The molecule has 1 aromatic heterocycles. The second-order valence-corrected chi connectivity index (χ2v) is 8.57. The van der Waals surface area contributed by atoms with E-state index in [1.807, 2.05) is 12.1 Å². The van der Waals surface area contributed by atoms with Crippen LogP contribution in [0.3, 0.4) is 0 Å². The Kier molecular flexibility index (Phi) is 4.91. The van der Waals surface area contributed by atoms with E-state index in [2.05, 4.69) is 34.5 Å². The highest BCUT2D eigenvalue weighted by atomic mass is 19.1. The van der Waals surface area contributed by atoms with Crippen molar-refractivity contribution in [2.45, 2.75) is 25.8 Å². The third kappa shape index (κ3) is 3.90. The molecule has 30 heavy (non-hydrogen) atoms. The van der Waals surface area contributed by atoms with Gasteiger partial charge in [-0.15, -0.1) is 0 Å². The number of nitrogens with zero attached hydrogens (tertiary/aromatic N) is 1. The van der Waals surface area contributed by atoms with Crippen molar-refractivity contribution in [1.82, 2.24) is 4.90 Å². The Morgan fingerprint density at radius 3 is 2.60 bits per heavy atom. The van der Waals surface area contributed by atoms with Gasteiger partial charge in [0, 0.05) is 23.7 Å². The maximum absolute atomic E-state index is 13.3. The molecule has 2 fully saturated rings. The molecule has 0 radical (unpaired) electrons. The van der Waals surface area contributed by atoms with Crippen molar-refractivity contribution in [3.63, 3.8) is 0 Å². The Morgan fingerprint density at radius 1 is 1.10 bits per heavy atom. The number of hydrogen-bond acceptors (Lipinski definition) is 3. The van der Waals surface area contributed by atoms with Crippen molar-refractivity contribution in [3.05, 3.63) is 78.3 Å². The molecule has 2 aromatic carbocycles. The molecule has 5 heteroatoms. The van der Waals surface area contributed by atoms with Crippen LogP contribution in [0.15, 0.2) is 71.3 Å². The van der Waals surface area contributed by atoms with E-state index in [1.165, 1.54) is 17.7 Å². The third-order valence-electron chi connectivity index (χ3n) is 6.62. The van der Waals surface area contributed by atoms with Crippen LogP contribution in [0.5, 0.6) is 0 Å². The minimum Gasteiger partial charge on any atom is -0.464 e. The van der Waals surface area contributed by atoms with E-state index in [9.17, 15) is 9.18 Å². The van der Waals surface area contributed by atoms with Crippen LogP contribution in [-0.2, 0) is 11.3 Å². The second kappa shape index (κ2) is 7.73. The predicted octanol–water partition coefficient (Wildman–Crippen LogP) is 5.33. The molecule has 0 bridgehead atoms. The molecule has 1 aliphatic carbocycles. The normalized spacial score (nSPS) is 20.2. The number of anilines is 1. The maximum Gasteiger partial charge on any atom is 0.228 e. The number of carbonyl (C=O) groups is 1. The van der Waals surface area contributed by atoms with E-state index in [0.717, 1.165) is 50.2 Å². The van der Waals surface area contributed by atoms with Gasteiger partial charge in [0.25, 0.3) is 0 Å². The third-order valence-corrected chi connectivity index (χ3v) is 6.62. The largest absolute Gasteiger partial charge is 0.464 e. The highest BCUT2D eigenvalue weighted by Crippen LogP contribution is 2.59. The van der Waals surface area contributed by atoms with Crippen LogP contribution in [0.4, 0.5) is 10.1 Å². The number of halogens is 1. The Bertz CT molecular complexity index is 1020. The van der Waals surface area contributed by atoms with E-state index in [0.29, 0.717) is 5.69 Å². The average Bonchev–Trinajstić information content (AvgIpc) is 3.18. The van der Waals surface area contributed by atoms with Crippen LogP contribution >= 0.6 is 0 Å². The number of furan rings is 1. The van der Waals surface area contributed by atoms with Gasteiger partial charge in [0.05, 0.1) is 6.26 Å². The van der Waals surface area contributed by atoms with Gasteiger partial charge in [-0.1, -0.05) is 30.3 Å². The lowest BCUT2D eigenvalue weighted by molar-refractivity contribution is -0.118. The molecule has 3 aromatic rings. The zero-order valence-electron chi connectivity index (χ0n) is 16.8. The van der Waals surface area contributed by atoms with Crippen LogP contribution in [0.25, 0.3) is 11.3 Å². The van der Waals surface area contributed by atoms with Crippen molar-refractivity contribution in [2.75, 3.05) is 18.4 Å². The van der Waals surface area contributed by atoms with Crippen LogP contribution < -0.4 is 5.32 Å². The topological polar surface area (TPSA) is 45.5 Å². The van der Waals surface area contributed by atoms with Crippen molar-refractivity contribution >= 4 is 11.6 Å². The Hall–Kier alpha value is -2.92. The Morgan fingerprint density at radius 2 is 1.90 bits per heavy atom. The molecule has 1 N–H and O–H groups in total. The molecular formula is C25H25FN2O2.